The van der Waals surface area contributed by atoms with Crippen LogP contribution in [0, 0.1) is 5.82 Å². The van der Waals surface area contributed by atoms with Gasteiger partial charge in [-0.1, -0.05) is 6.07 Å². The third-order valence-corrected chi connectivity index (χ3v) is 4.80. The number of hydrogen-bond acceptors (Lipinski definition) is 3. The predicted octanol–water partition coefficient (Wildman–Crippen LogP) is 4.94. The van der Waals surface area contributed by atoms with E-state index in [-0.39, 0.29) is 23.1 Å². The highest BCUT2D eigenvalue weighted by Crippen LogP contribution is 2.63. The first kappa shape index (κ1) is 20.9. The molecule has 0 spiro atoms. The molecular weight excluding hydrogens is 402 g/mol. The zero-order valence-corrected chi connectivity index (χ0v) is 15.4. The van der Waals surface area contributed by atoms with E-state index in [1.807, 2.05) is 0 Å². The molecule has 3 rings (SSSR count). The summed E-state index contributed by atoms with van der Waals surface area (Å²) in [5.74, 6) is -6.83. The molecule has 1 aromatic carbocycles. The van der Waals surface area contributed by atoms with Crippen molar-refractivity contribution >= 4 is 5.91 Å². The average Bonchev–Trinajstić information content (AvgIpc) is 3.45. The second-order valence-electron chi connectivity index (χ2n) is 6.99. The SMILES string of the molecule is CN(C)C(=O)c1ccc(Oc2ccc(C3(C(F)(F)C(F)(F)F)CC3)cc2F)nc1. The van der Waals surface area contributed by atoms with Gasteiger partial charge in [-0.15, -0.1) is 0 Å². The van der Waals surface area contributed by atoms with E-state index >= 15 is 0 Å². The topological polar surface area (TPSA) is 42.4 Å². The molecule has 0 atom stereocenters. The van der Waals surface area contributed by atoms with Crippen molar-refractivity contribution in [3.05, 3.63) is 53.5 Å². The Hall–Kier alpha value is -2.78. The molecule has 0 bridgehead atoms. The minimum Gasteiger partial charge on any atom is -0.436 e. The van der Waals surface area contributed by atoms with Crippen molar-refractivity contribution in [3.63, 3.8) is 0 Å². The molecule has 29 heavy (non-hydrogen) atoms. The molecule has 0 radical (unpaired) electrons. The molecule has 1 saturated carbocycles. The van der Waals surface area contributed by atoms with E-state index in [4.69, 9.17) is 4.74 Å². The Bertz CT molecular complexity index is 921. The number of carbonyl (C=O) groups is 1. The number of halogens is 6. The summed E-state index contributed by atoms with van der Waals surface area (Å²) in [6, 6.07) is 5.32. The van der Waals surface area contributed by atoms with Crippen molar-refractivity contribution in [1.29, 1.82) is 0 Å². The summed E-state index contributed by atoms with van der Waals surface area (Å²) >= 11 is 0. The molecule has 1 aromatic heterocycles. The summed E-state index contributed by atoms with van der Waals surface area (Å²) in [5.41, 5.74) is -2.63. The zero-order valence-electron chi connectivity index (χ0n) is 15.4. The molecule has 0 N–H and O–H groups in total. The number of alkyl halides is 5. The molecular formula is C19H16F6N2O2. The van der Waals surface area contributed by atoms with Gasteiger partial charge in [-0.05, 0) is 36.6 Å². The van der Waals surface area contributed by atoms with Crippen molar-refractivity contribution in [2.24, 2.45) is 0 Å². The fourth-order valence-electron chi connectivity index (χ4n) is 3.00. The van der Waals surface area contributed by atoms with Crippen LogP contribution in [-0.4, -0.2) is 42.0 Å². The lowest BCUT2D eigenvalue weighted by atomic mass is 9.88. The van der Waals surface area contributed by atoms with Crippen molar-refractivity contribution in [2.45, 2.75) is 30.4 Å². The molecule has 1 aliphatic carbocycles. The van der Waals surface area contributed by atoms with Crippen LogP contribution in [0.2, 0.25) is 0 Å². The zero-order chi connectivity index (χ0) is 21.6. The maximum Gasteiger partial charge on any atom is 0.454 e. The van der Waals surface area contributed by atoms with Crippen LogP contribution in [0.4, 0.5) is 26.3 Å². The number of pyridine rings is 1. The summed E-state index contributed by atoms with van der Waals surface area (Å²) in [5, 5.41) is 0. The maximum absolute atomic E-state index is 14.4. The lowest BCUT2D eigenvalue weighted by Crippen LogP contribution is -2.47. The molecule has 156 valence electrons. The van der Waals surface area contributed by atoms with Gasteiger partial charge in [0.05, 0.1) is 11.0 Å². The number of benzene rings is 1. The predicted molar refractivity (Wildman–Crippen MR) is 90.6 cm³/mol. The third kappa shape index (κ3) is 3.63. The van der Waals surface area contributed by atoms with Gasteiger partial charge in [-0.3, -0.25) is 4.79 Å². The standard InChI is InChI=1S/C19H16F6N2O2/c1-27(2)16(28)11-3-6-15(26-10-11)29-14-5-4-12(9-13(14)20)17(7-8-17)18(21,22)19(23,24)25/h3-6,9-10H,7-8H2,1-2H3. The molecule has 2 aromatic rings. The molecule has 1 fully saturated rings. The Morgan fingerprint density at radius 2 is 1.76 bits per heavy atom. The van der Waals surface area contributed by atoms with E-state index in [0.29, 0.717) is 6.07 Å². The Morgan fingerprint density at radius 3 is 2.21 bits per heavy atom. The number of aromatic nitrogens is 1. The van der Waals surface area contributed by atoms with E-state index in [1.165, 1.54) is 23.2 Å². The van der Waals surface area contributed by atoms with Crippen molar-refractivity contribution in [1.82, 2.24) is 9.88 Å². The molecule has 1 aliphatic rings. The number of nitrogens with zero attached hydrogens (tertiary/aromatic N) is 2. The highest BCUT2D eigenvalue weighted by molar-refractivity contribution is 5.93. The minimum atomic E-state index is -5.73. The molecule has 4 nitrogen and oxygen atoms in total. The highest BCUT2D eigenvalue weighted by Gasteiger charge is 2.75. The first-order valence-corrected chi connectivity index (χ1v) is 8.49. The van der Waals surface area contributed by atoms with Crippen LogP contribution >= 0.6 is 0 Å². The van der Waals surface area contributed by atoms with Crippen LogP contribution < -0.4 is 4.74 Å². The van der Waals surface area contributed by atoms with E-state index in [2.05, 4.69) is 4.98 Å². The second kappa shape index (κ2) is 6.93. The summed E-state index contributed by atoms with van der Waals surface area (Å²) in [6.45, 7) is 0. The molecule has 0 unspecified atom stereocenters. The Kier molecular flexibility index (Phi) is 5.00. The number of rotatable bonds is 5. The molecule has 1 heterocycles. The third-order valence-electron chi connectivity index (χ3n) is 4.80. The van der Waals surface area contributed by atoms with Crippen LogP contribution in [0.15, 0.2) is 36.5 Å². The van der Waals surface area contributed by atoms with Gasteiger partial charge in [0.2, 0.25) is 5.88 Å². The van der Waals surface area contributed by atoms with Gasteiger partial charge in [-0.25, -0.2) is 9.37 Å². The van der Waals surface area contributed by atoms with Crippen molar-refractivity contribution in [2.75, 3.05) is 14.1 Å². The first-order chi connectivity index (χ1) is 13.4. The Morgan fingerprint density at radius 1 is 1.10 bits per heavy atom. The van der Waals surface area contributed by atoms with Gasteiger partial charge in [0.25, 0.3) is 5.91 Å². The lowest BCUT2D eigenvalue weighted by molar-refractivity contribution is -0.296. The van der Waals surface area contributed by atoms with Gasteiger partial charge in [0.15, 0.2) is 11.6 Å². The van der Waals surface area contributed by atoms with Gasteiger partial charge >= 0.3 is 12.1 Å². The van der Waals surface area contributed by atoms with E-state index in [0.717, 1.165) is 12.1 Å². The Labute approximate surface area is 162 Å². The van der Waals surface area contributed by atoms with Crippen LogP contribution in [0.5, 0.6) is 11.6 Å². The van der Waals surface area contributed by atoms with E-state index in [1.54, 1.807) is 14.1 Å². The normalized spacial score (nSPS) is 15.7. The molecule has 0 aliphatic heterocycles. The molecule has 1 amide bonds. The molecule has 0 saturated heterocycles. The van der Waals surface area contributed by atoms with Crippen LogP contribution in [0.3, 0.4) is 0 Å². The Balaban J connectivity index is 1.82. The van der Waals surface area contributed by atoms with E-state index < -0.39 is 41.7 Å². The minimum absolute atomic E-state index is 0.0753. The fourth-order valence-corrected chi connectivity index (χ4v) is 3.00. The first-order valence-electron chi connectivity index (χ1n) is 8.49. The average molecular weight is 418 g/mol. The van der Waals surface area contributed by atoms with Gasteiger partial charge in [0, 0.05) is 26.4 Å². The quantitative estimate of drug-likeness (QED) is 0.646. The maximum atomic E-state index is 14.4. The number of hydrogen-bond donors (Lipinski definition) is 0. The van der Waals surface area contributed by atoms with Gasteiger partial charge < -0.3 is 9.64 Å². The van der Waals surface area contributed by atoms with E-state index in [9.17, 15) is 31.1 Å². The summed E-state index contributed by atoms with van der Waals surface area (Å²) in [4.78, 5) is 17.0. The smallest absolute Gasteiger partial charge is 0.436 e. The summed E-state index contributed by atoms with van der Waals surface area (Å²) in [6.07, 6.45) is -5.32. The number of amides is 1. The monoisotopic (exact) mass is 418 g/mol. The fraction of sp³-hybridized carbons (Fsp3) is 0.368. The largest absolute Gasteiger partial charge is 0.454 e. The van der Waals surface area contributed by atoms with Crippen LogP contribution in [0.1, 0.15) is 28.8 Å². The van der Waals surface area contributed by atoms with Crippen molar-refractivity contribution < 1.29 is 35.9 Å². The van der Waals surface area contributed by atoms with Gasteiger partial charge in [-0.2, -0.15) is 22.0 Å². The van der Waals surface area contributed by atoms with Gasteiger partial charge in [0.1, 0.15) is 0 Å². The van der Waals surface area contributed by atoms with Crippen molar-refractivity contribution in [3.8, 4) is 11.6 Å². The van der Waals surface area contributed by atoms with Crippen LogP contribution in [-0.2, 0) is 5.41 Å². The van der Waals surface area contributed by atoms with Crippen LogP contribution in [0.25, 0.3) is 0 Å². The number of carbonyl (C=O) groups excluding carboxylic acids is 1. The lowest BCUT2D eigenvalue weighted by Gasteiger charge is -2.29. The summed E-state index contributed by atoms with van der Waals surface area (Å²) < 4.78 is 85.6. The molecule has 10 heteroatoms. The highest BCUT2D eigenvalue weighted by atomic mass is 19.4. The number of ether oxygens (including phenoxy) is 1. The second-order valence-corrected chi connectivity index (χ2v) is 6.99. The summed E-state index contributed by atoms with van der Waals surface area (Å²) in [7, 11) is 3.11.